The van der Waals surface area contributed by atoms with E-state index in [1.807, 2.05) is 6.07 Å². The third-order valence-electron chi connectivity index (χ3n) is 15.7. The lowest BCUT2D eigenvalue weighted by Crippen LogP contribution is -2.65. The number of hydrogen-bond donors (Lipinski definition) is 1. The first-order valence-electron chi connectivity index (χ1n) is 24.2. The number of anilines is 8. The Morgan fingerprint density at radius 3 is 1.38 bits per heavy atom. The van der Waals surface area contributed by atoms with Crippen LogP contribution in [0.4, 0.5) is 45.5 Å². The van der Waals surface area contributed by atoms with Crippen molar-refractivity contribution in [2.45, 2.75) is 41.5 Å². The van der Waals surface area contributed by atoms with Gasteiger partial charge in [0.15, 0.2) is 0 Å². The molecule has 9 heteroatoms. The maximum absolute atomic E-state index is 7.10. The second-order valence-corrected chi connectivity index (χ2v) is 20.0. The zero-order valence-corrected chi connectivity index (χ0v) is 39.3. The van der Waals surface area contributed by atoms with Crippen LogP contribution in [0, 0.1) is 41.5 Å². The number of hydrogen-bond acceptors (Lipinski definition) is 6. The Bertz CT molecular complexity index is 3540. The predicted molar refractivity (Wildman–Crippen MR) is 287 cm³/mol. The lowest BCUT2D eigenvalue weighted by molar-refractivity contribution is 0.464. The van der Waals surface area contributed by atoms with Crippen LogP contribution in [0.25, 0.3) is 0 Å². The van der Waals surface area contributed by atoms with Crippen LogP contribution >= 0.6 is 0 Å². The van der Waals surface area contributed by atoms with Gasteiger partial charge < -0.3 is 29.3 Å². The highest BCUT2D eigenvalue weighted by atomic mass is 16.5. The van der Waals surface area contributed by atoms with Crippen LogP contribution in [0.2, 0.25) is 0 Å². The van der Waals surface area contributed by atoms with Gasteiger partial charge in [0.25, 0.3) is 20.1 Å². The van der Waals surface area contributed by atoms with Crippen molar-refractivity contribution in [3.05, 3.63) is 185 Å². The van der Waals surface area contributed by atoms with Crippen molar-refractivity contribution in [1.82, 2.24) is 0 Å². The fraction of sp³-hybridized carbons (Fsp3) is 0.100. The summed E-state index contributed by atoms with van der Waals surface area (Å²) in [5.74, 6) is 5.24. The number of para-hydroxylation sites is 2. The topological polar surface area (TPSA) is 46.2 Å². The van der Waals surface area contributed by atoms with E-state index in [1.165, 1.54) is 94.6 Å². The molecule has 9 aromatic rings. The molecule has 0 unspecified atom stereocenters. The third-order valence-corrected chi connectivity index (χ3v) is 15.7. The van der Waals surface area contributed by atoms with Crippen LogP contribution in [0.15, 0.2) is 152 Å². The molecule has 0 atom stereocenters. The van der Waals surface area contributed by atoms with E-state index in [-0.39, 0.29) is 20.1 Å². The highest BCUT2D eigenvalue weighted by molar-refractivity contribution is 7.03. The number of nitrogens with one attached hydrogen (secondary N) is 1. The summed E-state index contributed by atoms with van der Waals surface area (Å²) in [7, 11) is 0. The number of nitrogens with zero attached hydrogens (tertiary/aromatic N) is 2. The van der Waals surface area contributed by atoms with E-state index in [2.05, 4.69) is 202 Å². The smallest absolute Gasteiger partial charge is 0.260 e. The zero-order chi connectivity index (χ0) is 46.1. The monoisotopic (exact) mass is 887 g/mol. The minimum Gasteiger partial charge on any atom is -0.458 e. The molecule has 0 bridgehead atoms. The fourth-order valence-electron chi connectivity index (χ4n) is 13.3. The maximum Gasteiger partial charge on any atom is 0.260 e. The van der Waals surface area contributed by atoms with Crippen LogP contribution in [0.3, 0.4) is 0 Å². The molecule has 6 heterocycles. The summed E-state index contributed by atoms with van der Waals surface area (Å²) in [6.45, 7) is 13.2. The number of benzene rings is 9. The Hall–Kier alpha value is -8.03. The van der Waals surface area contributed by atoms with E-state index >= 15 is 0 Å². The van der Waals surface area contributed by atoms with E-state index in [4.69, 9.17) is 14.2 Å². The molecule has 15 rings (SSSR count). The average molecular weight is 887 g/mol. The largest absolute Gasteiger partial charge is 0.458 e. The molecule has 0 saturated heterocycles. The van der Waals surface area contributed by atoms with Gasteiger partial charge in [0.2, 0.25) is 0 Å². The Labute approximate surface area is 403 Å². The molecule has 6 aliphatic rings. The maximum atomic E-state index is 7.10. The number of rotatable bonds is 2. The van der Waals surface area contributed by atoms with Crippen molar-refractivity contribution in [3.8, 4) is 34.5 Å². The van der Waals surface area contributed by atoms with Gasteiger partial charge in [-0.3, -0.25) is 0 Å². The van der Waals surface area contributed by atoms with Gasteiger partial charge in [-0.25, -0.2) is 0 Å². The lowest BCUT2D eigenvalue weighted by Gasteiger charge is -2.46. The molecule has 9 aromatic carbocycles. The normalized spacial score (nSPS) is 14.3. The molecule has 0 amide bonds. The van der Waals surface area contributed by atoms with Crippen LogP contribution in [0.5, 0.6) is 34.5 Å². The second-order valence-electron chi connectivity index (χ2n) is 20.0. The van der Waals surface area contributed by atoms with Gasteiger partial charge in [-0.1, -0.05) is 102 Å². The molecule has 0 fully saturated rings. The first-order chi connectivity index (χ1) is 33.7. The Morgan fingerprint density at radius 1 is 0.333 bits per heavy atom. The summed E-state index contributed by atoms with van der Waals surface area (Å²) in [4.78, 5) is 5.13. The van der Waals surface area contributed by atoms with E-state index in [0.29, 0.717) is 0 Å². The van der Waals surface area contributed by atoms with Crippen molar-refractivity contribution >= 4 is 115 Å². The Kier molecular flexibility index (Phi) is 7.80. The Balaban J connectivity index is 1.07. The predicted octanol–water partition coefficient (Wildman–Crippen LogP) is 9.03. The lowest BCUT2D eigenvalue weighted by atomic mass is 9.29. The highest BCUT2D eigenvalue weighted by Crippen LogP contribution is 2.49. The van der Waals surface area contributed by atoms with Crippen molar-refractivity contribution in [2.24, 2.45) is 0 Å². The molecule has 326 valence electrons. The van der Waals surface area contributed by atoms with Gasteiger partial charge in [0.05, 0.1) is 11.4 Å². The quantitative estimate of drug-likeness (QED) is 0.175. The van der Waals surface area contributed by atoms with Gasteiger partial charge in [-0.2, -0.15) is 0 Å². The molecule has 0 spiro atoms. The molecular weight excluding hydrogens is 843 g/mol. The summed E-state index contributed by atoms with van der Waals surface area (Å²) in [6.07, 6.45) is 0. The molecule has 0 aromatic heterocycles. The van der Waals surface area contributed by atoms with Crippen LogP contribution in [-0.4, -0.2) is 20.1 Å². The Morgan fingerprint density at radius 2 is 0.783 bits per heavy atom. The third kappa shape index (κ3) is 5.25. The van der Waals surface area contributed by atoms with Crippen LogP contribution in [-0.2, 0) is 0 Å². The van der Waals surface area contributed by atoms with Crippen LogP contribution in [0.1, 0.15) is 33.4 Å². The molecule has 6 aliphatic heterocycles. The van der Waals surface area contributed by atoms with Crippen molar-refractivity contribution in [3.63, 3.8) is 0 Å². The van der Waals surface area contributed by atoms with E-state index in [0.717, 1.165) is 67.9 Å². The summed E-state index contributed by atoms with van der Waals surface area (Å²) in [6, 6.07) is 55.9. The van der Waals surface area contributed by atoms with E-state index < -0.39 is 0 Å². The first kappa shape index (κ1) is 39.0. The van der Waals surface area contributed by atoms with E-state index in [1.54, 1.807) is 0 Å². The SMILES string of the molecule is Cc1cc(C)c(N2c3cc4c(cc3B3c5cc6c(cc5N(c5c(C)cc(C)cc5C)c5cccc2c53)Oc2cccc3c2B6c2ccccc2O3)B2c3ccccc3Oc3cccc(c32)N4)c(C)c1. The molecule has 69 heavy (non-hydrogen) atoms. The summed E-state index contributed by atoms with van der Waals surface area (Å²) in [5, 5.41) is 3.96. The van der Waals surface area contributed by atoms with Crippen molar-refractivity contribution in [1.29, 1.82) is 0 Å². The molecule has 0 radical (unpaired) electrons. The van der Waals surface area contributed by atoms with Crippen molar-refractivity contribution < 1.29 is 14.2 Å². The highest BCUT2D eigenvalue weighted by Gasteiger charge is 2.49. The molecule has 1 N–H and O–H groups in total. The first-order valence-corrected chi connectivity index (χ1v) is 24.2. The summed E-state index contributed by atoms with van der Waals surface area (Å²) >= 11 is 0. The van der Waals surface area contributed by atoms with Gasteiger partial charge in [0, 0.05) is 45.7 Å². The number of fused-ring (bicyclic) bond motifs is 12. The zero-order valence-electron chi connectivity index (χ0n) is 39.3. The summed E-state index contributed by atoms with van der Waals surface area (Å²) < 4.78 is 20.4. The molecular formula is C60H44B3N3O3. The number of ether oxygens (including phenoxy) is 3. The summed E-state index contributed by atoms with van der Waals surface area (Å²) in [5.41, 5.74) is 27.5. The van der Waals surface area contributed by atoms with Gasteiger partial charge in [0.1, 0.15) is 34.5 Å². The molecule has 0 aliphatic carbocycles. The van der Waals surface area contributed by atoms with Crippen molar-refractivity contribution in [2.75, 3.05) is 15.1 Å². The fourth-order valence-corrected chi connectivity index (χ4v) is 13.3. The molecule has 6 nitrogen and oxygen atoms in total. The van der Waals surface area contributed by atoms with Gasteiger partial charge in [-0.05, 0) is 162 Å². The van der Waals surface area contributed by atoms with Crippen LogP contribution < -0.4 is 78.5 Å². The average Bonchev–Trinajstić information content (AvgIpc) is 3.33. The second kappa shape index (κ2) is 13.8. The number of aryl methyl sites for hydroxylation is 6. The van der Waals surface area contributed by atoms with Gasteiger partial charge in [-0.15, -0.1) is 0 Å². The van der Waals surface area contributed by atoms with Gasteiger partial charge >= 0.3 is 0 Å². The minimum absolute atomic E-state index is 0.0290. The standard InChI is InChI=1S/C60H44B3N3O3/c1-32-24-34(3)59(35(4)25-32)65-46-17-12-18-47-57(46)63(41-28-40-45(30-48(41)65)64-44-16-11-21-52-56(44)61(40)38-14-7-9-19-50(38)67-52)42-29-43-55(31-49(42)66(47)60-36(5)26-33(2)27-37(60)6)69-54-23-13-22-53-58(54)62(43)39-15-8-10-20-51(39)68-53/h7-31,64H,1-6H3. The molecule has 0 saturated carbocycles. The van der Waals surface area contributed by atoms with E-state index in [9.17, 15) is 0 Å². The minimum atomic E-state index is -0.139.